The molecule has 0 saturated carbocycles. The summed E-state index contributed by atoms with van der Waals surface area (Å²) in [7, 11) is 3.37. The van der Waals surface area contributed by atoms with Crippen molar-refractivity contribution in [3.8, 4) is 11.5 Å². The van der Waals surface area contributed by atoms with E-state index in [9.17, 15) is 0 Å². The molecule has 0 amide bonds. The lowest BCUT2D eigenvalue weighted by molar-refractivity contribution is 0.256. The monoisotopic (exact) mass is 524 g/mol. The number of methoxy groups -OCH3 is 2. The van der Waals surface area contributed by atoms with E-state index in [-0.39, 0.29) is 24.0 Å². The molecule has 2 aromatic carbocycles. The summed E-state index contributed by atoms with van der Waals surface area (Å²) >= 11 is 0. The molecule has 30 heavy (non-hydrogen) atoms. The van der Waals surface area contributed by atoms with Crippen molar-refractivity contribution in [3.05, 3.63) is 59.2 Å². The van der Waals surface area contributed by atoms with Crippen molar-refractivity contribution in [1.29, 1.82) is 0 Å². The topological polar surface area (TPSA) is 58.1 Å². The van der Waals surface area contributed by atoms with Gasteiger partial charge in [-0.1, -0.05) is 30.3 Å². The van der Waals surface area contributed by atoms with Gasteiger partial charge in [0.2, 0.25) is 0 Å². The summed E-state index contributed by atoms with van der Waals surface area (Å²) in [6, 6.07) is 14.5. The lowest BCUT2D eigenvalue weighted by atomic mass is 9.99. The highest BCUT2D eigenvalue weighted by molar-refractivity contribution is 14.0. The molecule has 0 bridgehead atoms. The van der Waals surface area contributed by atoms with Gasteiger partial charge in [0.25, 0.3) is 0 Å². The van der Waals surface area contributed by atoms with Crippen molar-refractivity contribution in [2.24, 2.45) is 4.99 Å². The van der Waals surface area contributed by atoms with Crippen LogP contribution in [0, 0.1) is 0 Å². The molecule has 0 aromatic heterocycles. The predicted molar refractivity (Wildman–Crippen MR) is 133 cm³/mol. The van der Waals surface area contributed by atoms with Crippen molar-refractivity contribution in [1.82, 2.24) is 15.5 Å². The van der Waals surface area contributed by atoms with E-state index in [1.807, 2.05) is 18.2 Å². The molecule has 0 aliphatic carbocycles. The van der Waals surface area contributed by atoms with E-state index < -0.39 is 0 Å². The van der Waals surface area contributed by atoms with Crippen molar-refractivity contribution in [2.75, 3.05) is 40.4 Å². The molecule has 6 nitrogen and oxygen atoms in total. The highest BCUT2D eigenvalue weighted by Crippen LogP contribution is 2.33. The van der Waals surface area contributed by atoms with E-state index in [1.54, 1.807) is 14.2 Å². The van der Waals surface area contributed by atoms with E-state index in [1.165, 1.54) is 16.7 Å². The van der Waals surface area contributed by atoms with E-state index >= 15 is 0 Å². The third-order valence-corrected chi connectivity index (χ3v) is 5.12. The number of hydrogen-bond donors (Lipinski definition) is 2. The van der Waals surface area contributed by atoms with E-state index in [4.69, 9.17) is 9.47 Å². The van der Waals surface area contributed by atoms with Gasteiger partial charge in [0.15, 0.2) is 17.5 Å². The number of fused-ring (bicyclic) bond motifs is 1. The minimum absolute atomic E-state index is 0. The maximum absolute atomic E-state index is 5.46. The first-order valence-corrected chi connectivity index (χ1v) is 10.3. The van der Waals surface area contributed by atoms with Crippen LogP contribution in [0.15, 0.2) is 47.5 Å². The van der Waals surface area contributed by atoms with Crippen molar-refractivity contribution >= 4 is 29.9 Å². The largest absolute Gasteiger partial charge is 0.493 e. The number of hydrogen-bond acceptors (Lipinski definition) is 4. The van der Waals surface area contributed by atoms with E-state index in [2.05, 4.69) is 51.7 Å². The van der Waals surface area contributed by atoms with Crippen LogP contribution >= 0.6 is 24.0 Å². The molecule has 0 radical (unpaired) electrons. The lowest BCUT2D eigenvalue weighted by Gasteiger charge is -2.29. The number of ether oxygens (including phenoxy) is 2. The van der Waals surface area contributed by atoms with Gasteiger partial charge in [-0.3, -0.25) is 4.90 Å². The van der Waals surface area contributed by atoms with Crippen LogP contribution in [0.5, 0.6) is 11.5 Å². The number of halogens is 1. The smallest absolute Gasteiger partial charge is 0.191 e. The van der Waals surface area contributed by atoms with E-state index in [0.717, 1.165) is 56.6 Å². The minimum Gasteiger partial charge on any atom is -0.493 e. The second-order valence-electron chi connectivity index (χ2n) is 7.11. The number of guanidine groups is 1. The summed E-state index contributed by atoms with van der Waals surface area (Å²) in [5.74, 6) is 2.47. The quantitative estimate of drug-likeness (QED) is 0.315. The Labute approximate surface area is 197 Å². The fourth-order valence-electron chi connectivity index (χ4n) is 3.56. The second kappa shape index (κ2) is 12.6. The molecule has 3 rings (SSSR count). The predicted octanol–water partition coefficient (Wildman–Crippen LogP) is 3.44. The zero-order valence-corrected chi connectivity index (χ0v) is 20.4. The standard InChI is InChI=1S/C23H32N4O2.HI/c1-4-24-23(26-16-18-8-6-5-7-9-18)25-11-13-27-12-10-19-14-21(28-2)22(29-3)15-20(19)17-27;/h5-9,14-15H,4,10-13,16-17H2,1-3H3,(H2,24,25,26);1H. The molecule has 0 fully saturated rings. The minimum atomic E-state index is 0. The molecule has 0 atom stereocenters. The molecule has 0 unspecified atom stereocenters. The number of nitrogens with one attached hydrogen (secondary N) is 2. The van der Waals surface area contributed by atoms with Crippen LogP contribution in [0.4, 0.5) is 0 Å². The first-order valence-electron chi connectivity index (χ1n) is 10.3. The SMILES string of the molecule is CCNC(=NCc1ccccc1)NCCN1CCc2cc(OC)c(OC)cc2C1.I. The zero-order valence-electron chi connectivity index (χ0n) is 18.1. The Morgan fingerprint density at radius 2 is 1.73 bits per heavy atom. The Morgan fingerprint density at radius 3 is 2.40 bits per heavy atom. The van der Waals surface area contributed by atoms with Crippen molar-refractivity contribution in [2.45, 2.75) is 26.4 Å². The maximum Gasteiger partial charge on any atom is 0.191 e. The molecule has 0 saturated heterocycles. The van der Waals surface area contributed by atoms with Crippen LogP contribution in [0.2, 0.25) is 0 Å². The average molecular weight is 524 g/mol. The Morgan fingerprint density at radius 1 is 1.03 bits per heavy atom. The molecular weight excluding hydrogens is 491 g/mol. The second-order valence-corrected chi connectivity index (χ2v) is 7.11. The first kappa shape index (κ1) is 24.3. The third kappa shape index (κ3) is 6.77. The van der Waals surface area contributed by atoms with Crippen LogP contribution in [-0.4, -0.2) is 51.3 Å². The van der Waals surface area contributed by atoms with Gasteiger partial charge in [-0.15, -0.1) is 24.0 Å². The van der Waals surface area contributed by atoms with Gasteiger partial charge >= 0.3 is 0 Å². The van der Waals surface area contributed by atoms with Crippen LogP contribution in [0.1, 0.15) is 23.6 Å². The van der Waals surface area contributed by atoms with Gasteiger partial charge in [0.05, 0.1) is 20.8 Å². The molecule has 1 heterocycles. The van der Waals surface area contributed by atoms with Crippen LogP contribution in [0.25, 0.3) is 0 Å². The van der Waals surface area contributed by atoms with Gasteiger partial charge in [-0.25, -0.2) is 4.99 Å². The van der Waals surface area contributed by atoms with Gasteiger partial charge in [-0.05, 0) is 42.2 Å². The molecule has 2 N–H and O–H groups in total. The molecule has 0 spiro atoms. The molecule has 1 aliphatic rings. The third-order valence-electron chi connectivity index (χ3n) is 5.12. The fraction of sp³-hybridized carbons (Fsp3) is 0.435. The summed E-state index contributed by atoms with van der Waals surface area (Å²) in [6.07, 6.45) is 1.03. The highest BCUT2D eigenvalue weighted by Gasteiger charge is 2.19. The molecule has 164 valence electrons. The van der Waals surface area contributed by atoms with Crippen molar-refractivity contribution < 1.29 is 9.47 Å². The highest BCUT2D eigenvalue weighted by atomic mass is 127. The molecular formula is C23H33IN4O2. The summed E-state index contributed by atoms with van der Waals surface area (Å²) in [5.41, 5.74) is 3.88. The summed E-state index contributed by atoms with van der Waals surface area (Å²) in [6.45, 7) is 7.39. The summed E-state index contributed by atoms with van der Waals surface area (Å²) < 4.78 is 10.9. The summed E-state index contributed by atoms with van der Waals surface area (Å²) in [4.78, 5) is 7.15. The Hall–Kier alpha value is -2.00. The zero-order chi connectivity index (χ0) is 20.5. The lowest BCUT2D eigenvalue weighted by Crippen LogP contribution is -2.42. The van der Waals surface area contributed by atoms with Gasteiger partial charge in [-0.2, -0.15) is 0 Å². The summed E-state index contributed by atoms with van der Waals surface area (Å²) in [5, 5.41) is 6.78. The average Bonchev–Trinajstić information content (AvgIpc) is 2.77. The van der Waals surface area contributed by atoms with Gasteiger partial charge in [0.1, 0.15) is 0 Å². The van der Waals surface area contributed by atoms with Crippen LogP contribution in [0.3, 0.4) is 0 Å². The number of aliphatic imine (C=N–C) groups is 1. The fourth-order valence-corrected chi connectivity index (χ4v) is 3.56. The molecule has 2 aromatic rings. The Kier molecular flexibility index (Phi) is 10.2. The van der Waals surface area contributed by atoms with Gasteiger partial charge in [0, 0.05) is 32.7 Å². The Bertz CT molecular complexity index is 814. The molecule has 7 heteroatoms. The Balaban J connectivity index is 0.00000320. The molecule has 1 aliphatic heterocycles. The first-order chi connectivity index (χ1) is 14.2. The van der Waals surface area contributed by atoms with E-state index in [0.29, 0.717) is 6.54 Å². The van der Waals surface area contributed by atoms with Crippen LogP contribution in [-0.2, 0) is 19.5 Å². The van der Waals surface area contributed by atoms with Crippen molar-refractivity contribution in [3.63, 3.8) is 0 Å². The number of nitrogens with zero attached hydrogens (tertiary/aromatic N) is 2. The number of rotatable bonds is 8. The normalized spacial score (nSPS) is 13.8. The maximum atomic E-state index is 5.46. The van der Waals surface area contributed by atoms with Crippen LogP contribution < -0.4 is 20.1 Å². The number of benzene rings is 2. The van der Waals surface area contributed by atoms with Gasteiger partial charge < -0.3 is 20.1 Å².